The van der Waals surface area contributed by atoms with Gasteiger partial charge in [0.05, 0.1) is 6.61 Å². The van der Waals surface area contributed by atoms with Crippen molar-refractivity contribution in [2.75, 3.05) is 13.2 Å². The second-order valence-electron chi connectivity index (χ2n) is 7.12. The smallest absolute Gasteiger partial charge is 0.464 e. The summed E-state index contributed by atoms with van der Waals surface area (Å²) in [4.78, 5) is 33.1. The number of rotatable bonds is 13. The van der Waals surface area contributed by atoms with Crippen LogP contribution < -0.4 is 0 Å². The maximum absolute atomic E-state index is 12.8. The highest BCUT2D eigenvalue weighted by Gasteiger charge is 2.53. The van der Waals surface area contributed by atoms with Gasteiger partial charge in [-0.25, -0.2) is 0 Å². The van der Waals surface area contributed by atoms with Gasteiger partial charge in [-0.05, 0) is 20.3 Å². The molecule has 28 heavy (non-hydrogen) atoms. The monoisotopic (exact) mass is 449 g/mol. The first kappa shape index (κ1) is 27.3. The molecule has 0 aliphatic heterocycles. The Morgan fingerprint density at radius 3 is 1.93 bits per heavy atom. The minimum absolute atomic E-state index is 0.00313. The Labute approximate surface area is 169 Å². The van der Waals surface area contributed by atoms with E-state index in [0.29, 0.717) is 6.42 Å². The van der Waals surface area contributed by atoms with Crippen LogP contribution in [0.3, 0.4) is 0 Å². The van der Waals surface area contributed by atoms with Crippen LogP contribution >= 0.6 is 18.8 Å². The topological polar surface area (TPSA) is 83.9 Å². The molecule has 0 saturated carbocycles. The number of hydrogen-bond acceptors (Lipinski definition) is 4. The van der Waals surface area contributed by atoms with Crippen molar-refractivity contribution in [3.8, 4) is 0 Å². The first-order valence-electron chi connectivity index (χ1n) is 9.35. The average molecular weight is 449 g/mol. The molecule has 0 spiro atoms. The Morgan fingerprint density at radius 2 is 1.50 bits per heavy atom. The Balaban J connectivity index is 4.59. The van der Waals surface area contributed by atoms with E-state index in [1.807, 2.05) is 0 Å². The zero-order valence-corrected chi connectivity index (χ0v) is 18.4. The molecule has 0 aromatic rings. The zero-order chi connectivity index (χ0) is 22.0. The molecule has 11 heteroatoms. The van der Waals surface area contributed by atoms with Gasteiger partial charge in [0.1, 0.15) is 11.8 Å². The molecule has 0 saturated heterocycles. The van der Waals surface area contributed by atoms with Crippen molar-refractivity contribution in [3.05, 3.63) is 0 Å². The molecule has 0 fully saturated rings. The van der Waals surface area contributed by atoms with Crippen LogP contribution in [0.1, 0.15) is 72.1 Å². The lowest BCUT2D eigenvalue weighted by Gasteiger charge is -2.38. The highest BCUT2D eigenvalue weighted by molar-refractivity contribution is 8.46. The molecule has 0 aliphatic carbocycles. The summed E-state index contributed by atoms with van der Waals surface area (Å²) in [7, 11) is 0. The average Bonchev–Trinajstić information content (AvgIpc) is 2.55. The predicted octanol–water partition coefficient (Wildman–Crippen LogP) is 4.91. The van der Waals surface area contributed by atoms with Crippen molar-refractivity contribution in [2.45, 2.75) is 83.6 Å². The van der Waals surface area contributed by atoms with Gasteiger partial charge in [-0.2, -0.15) is 13.2 Å². The van der Waals surface area contributed by atoms with Gasteiger partial charge in [0.25, 0.3) is 6.57 Å². The molecule has 0 rings (SSSR count). The van der Waals surface area contributed by atoms with Gasteiger partial charge in [0, 0.05) is 0 Å². The molecule has 0 radical (unpaired) electrons. The zero-order valence-electron chi connectivity index (χ0n) is 16.6. The molecule has 1 N–H and O–H groups in total. The van der Waals surface area contributed by atoms with E-state index in [2.05, 4.69) is 19.2 Å². The number of alkyl halides is 3. The Kier molecular flexibility index (Phi) is 11.8. The standard InChI is InChI=1S/C17H31F3NO5PS/c1-4-5-6-7-8-9-10-11-12-26-14(22)13-21(15(23)17(18,19)20)16(2,3)27(24,25)28/h4-13H2,1-3H3,(H2,24,25,28). The van der Waals surface area contributed by atoms with E-state index >= 15 is 0 Å². The van der Waals surface area contributed by atoms with Crippen LogP contribution in [0, 0.1) is 0 Å². The van der Waals surface area contributed by atoms with E-state index < -0.39 is 36.4 Å². The third kappa shape index (κ3) is 9.65. The number of unbranched alkanes of at least 4 members (excludes halogenated alkanes) is 7. The third-order valence-electron chi connectivity index (χ3n) is 4.41. The molecular formula is C17H31F3NO5PS. The van der Waals surface area contributed by atoms with E-state index in [0.717, 1.165) is 39.5 Å². The molecule has 166 valence electrons. The van der Waals surface area contributed by atoms with Crippen LogP contribution in [0.2, 0.25) is 0 Å². The lowest BCUT2D eigenvalue weighted by molar-refractivity contribution is -0.190. The van der Waals surface area contributed by atoms with Gasteiger partial charge in [-0.1, -0.05) is 64.1 Å². The molecule has 0 bridgehead atoms. The van der Waals surface area contributed by atoms with Gasteiger partial charge in [0.2, 0.25) is 0 Å². The number of carbonyl (C=O) groups is 2. The molecule has 1 unspecified atom stereocenters. The molecule has 0 aromatic heterocycles. The fourth-order valence-corrected chi connectivity index (χ4v) is 3.22. The van der Waals surface area contributed by atoms with Crippen LogP contribution in [-0.4, -0.2) is 46.3 Å². The van der Waals surface area contributed by atoms with Gasteiger partial charge in [-0.15, -0.1) is 0 Å². The molecule has 0 aliphatic rings. The predicted molar refractivity (Wildman–Crippen MR) is 104 cm³/mol. The summed E-state index contributed by atoms with van der Waals surface area (Å²) in [5, 5.41) is -2.21. The molecule has 1 amide bonds. The Hall–Kier alpha value is -0.730. The molecule has 1 atom stereocenters. The maximum atomic E-state index is 12.8. The van der Waals surface area contributed by atoms with E-state index in [1.165, 1.54) is 19.3 Å². The highest BCUT2D eigenvalue weighted by atomic mass is 32.7. The fourth-order valence-electron chi connectivity index (χ4n) is 2.42. The number of carbonyl (C=O) groups excluding carboxylic acids is 2. The van der Waals surface area contributed by atoms with Crippen molar-refractivity contribution in [2.24, 2.45) is 0 Å². The van der Waals surface area contributed by atoms with Crippen LogP contribution in [0.25, 0.3) is 0 Å². The van der Waals surface area contributed by atoms with Crippen LogP contribution in [0.4, 0.5) is 13.2 Å². The van der Waals surface area contributed by atoms with Crippen molar-refractivity contribution in [1.82, 2.24) is 4.90 Å². The first-order chi connectivity index (χ1) is 12.7. The van der Waals surface area contributed by atoms with Crippen molar-refractivity contribution in [3.63, 3.8) is 0 Å². The van der Waals surface area contributed by atoms with Crippen LogP contribution in [-0.2, 0) is 18.9 Å². The van der Waals surface area contributed by atoms with E-state index in [9.17, 15) is 32.2 Å². The minimum atomic E-state index is -5.31. The summed E-state index contributed by atoms with van der Waals surface area (Å²) in [5.41, 5.74) is 0. The van der Waals surface area contributed by atoms with Crippen molar-refractivity contribution in [1.29, 1.82) is 0 Å². The van der Waals surface area contributed by atoms with Gasteiger partial charge in [0.15, 0.2) is 0 Å². The summed E-state index contributed by atoms with van der Waals surface area (Å²) in [6.45, 7) is -1.53. The fraction of sp³-hybridized carbons (Fsp3) is 0.882. The maximum Gasteiger partial charge on any atom is 0.471 e. The lowest BCUT2D eigenvalue weighted by atomic mass is 10.1. The molecule has 6 nitrogen and oxygen atoms in total. The number of nitrogens with zero attached hydrogens (tertiary/aromatic N) is 1. The van der Waals surface area contributed by atoms with Gasteiger partial charge >= 0.3 is 18.1 Å². The molecule has 0 aromatic carbocycles. The van der Waals surface area contributed by atoms with E-state index in [1.54, 1.807) is 0 Å². The summed E-state index contributed by atoms with van der Waals surface area (Å²) >= 11 is 3.42. The quantitative estimate of drug-likeness (QED) is 0.181. The second kappa shape index (κ2) is 12.1. The SMILES string of the molecule is CCCCCCCCCCOC(=O)CN(C(=O)C(F)(F)F)C(C)(C)P(=O)(O)S. The second-order valence-corrected chi connectivity index (χ2v) is 10.9. The van der Waals surface area contributed by atoms with E-state index in [4.69, 9.17) is 4.74 Å². The Bertz CT molecular complexity index is 551. The van der Waals surface area contributed by atoms with Crippen LogP contribution in [0.15, 0.2) is 0 Å². The summed E-state index contributed by atoms with van der Waals surface area (Å²) in [5.74, 6) is -3.47. The minimum Gasteiger partial charge on any atom is -0.464 e. The molecular weight excluding hydrogens is 418 g/mol. The van der Waals surface area contributed by atoms with Gasteiger partial charge in [-0.3, -0.25) is 14.2 Å². The number of esters is 1. The number of hydrogen-bond donors (Lipinski definition) is 2. The van der Waals surface area contributed by atoms with Crippen LogP contribution in [0.5, 0.6) is 0 Å². The molecule has 0 heterocycles. The van der Waals surface area contributed by atoms with Crippen molar-refractivity contribution < 1.29 is 37.0 Å². The number of thiol groups is 1. The summed E-state index contributed by atoms with van der Waals surface area (Å²) in [6.07, 6.45) is 2.81. The summed E-state index contributed by atoms with van der Waals surface area (Å²) in [6, 6.07) is 0. The van der Waals surface area contributed by atoms with Crippen molar-refractivity contribution >= 4 is 30.7 Å². The number of ether oxygens (including phenoxy) is 1. The number of amides is 1. The number of halogens is 3. The van der Waals surface area contributed by atoms with E-state index in [-0.39, 0.29) is 11.5 Å². The Morgan fingerprint density at radius 1 is 1.04 bits per heavy atom. The normalized spacial score (nSPS) is 14.4. The lowest BCUT2D eigenvalue weighted by Crippen LogP contribution is -2.54. The first-order valence-corrected chi connectivity index (χ1v) is 12.2. The summed E-state index contributed by atoms with van der Waals surface area (Å²) < 4.78 is 55.2. The highest BCUT2D eigenvalue weighted by Crippen LogP contribution is 2.59. The largest absolute Gasteiger partial charge is 0.471 e. The van der Waals surface area contributed by atoms with Gasteiger partial charge < -0.3 is 14.5 Å². The third-order valence-corrected chi connectivity index (χ3v) is 7.54.